The van der Waals surface area contributed by atoms with Crippen LogP contribution in [-0.2, 0) is 0 Å². The van der Waals surface area contributed by atoms with Gasteiger partial charge >= 0.3 is 0 Å². The Labute approximate surface area is 173 Å². The molecule has 0 spiro atoms. The molecule has 154 valence electrons. The zero-order valence-electron chi connectivity index (χ0n) is 19.8. The first-order chi connectivity index (χ1) is 12.8. The van der Waals surface area contributed by atoms with Crippen molar-refractivity contribution in [2.75, 3.05) is 22.9 Å². The van der Waals surface area contributed by atoms with Crippen molar-refractivity contribution < 1.29 is 0 Å². The van der Waals surface area contributed by atoms with Crippen LogP contribution in [0, 0.1) is 27.7 Å². The Morgan fingerprint density at radius 1 is 0.536 bits per heavy atom. The predicted molar refractivity (Wildman–Crippen MR) is 126 cm³/mol. The van der Waals surface area contributed by atoms with Gasteiger partial charge in [0.1, 0.15) is 0 Å². The Balaban J connectivity index is 2.44. The number of aryl methyl sites for hydroxylation is 4. The summed E-state index contributed by atoms with van der Waals surface area (Å²) in [5, 5.41) is 0. The monoisotopic (exact) mass is 380 g/mol. The highest BCUT2D eigenvalue weighted by Crippen LogP contribution is 2.33. The molecule has 0 amide bonds. The van der Waals surface area contributed by atoms with Crippen LogP contribution in [0.5, 0.6) is 0 Å². The zero-order chi connectivity index (χ0) is 21.3. The van der Waals surface area contributed by atoms with Crippen LogP contribution in [0.2, 0.25) is 0 Å². The van der Waals surface area contributed by atoms with Crippen molar-refractivity contribution in [1.29, 1.82) is 0 Å². The molecule has 2 rings (SSSR count). The fourth-order valence-electron chi connectivity index (χ4n) is 4.23. The number of hydrogen-bond acceptors (Lipinski definition) is 2. The second-order valence-electron chi connectivity index (χ2n) is 10.1. The van der Waals surface area contributed by atoms with Crippen LogP contribution in [0.25, 0.3) is 0 Å². The maximum atomic E-state index is 2.59. The van der Waals surface area contributed by atoms with Gasteiger partial charge in [-0.2, -0.15) is 0 Å². The van der Waals surface area contributed by atoms with Crippen LogP contribution in [-0.4, -0.2) is 24.2 Å². The summed E-state index contributed by atoms with van der Waals surface area (Å²) >= 11 is 0. The van der Waals surface area contributed by atoms with Crippen molar-refractivity contribution in [3.05, 3.63) is 58.7 Å². The Morgan fingerprint density at radius 3 is 1.00 bits per heavy atom. The van der Waals surface area contributed by atoms with Gasteiger partial charge in [-0.1, -0.05) is 36.4 Å². The second-order valence-corrected chi connectivity index (χ2v) is 10.1. The van der Waals surface area contributed by atoms with Crippen molar-refractivity contribution in [3.63, 3.8) is 0 Å². The number of hydrogen-bond donors (Lipinski definition) is 0. The van der Waals surface area contributed by atoms with Gasteiger partial charge in [-0.25, -0.2) is 0 Å². The highest BCUT2D eigenvalue weighted by molar-refractivity contribution is 5.62. The molecule has 0 aliphatic heterocycles. The molecule has 0 N–H and O–H groups in total. The lowest BCUT2D eigenvalue weighted by atomic mass is 9.98. The smallest absolute Gasteiger partial charge is 0.0430 e. The van der Waals surface area contributed by atoms with E-state index in [1.165, 1.54) is 33.6 Å². The molecule has 2 aromatic carbocycles. The first-order valence-corrected chi connectivity index (χ1v) is 10.5. The highest BCUT2D eigenvalue weighted by atomic mass is 15.3. The molecule has 0 unspecified atom stereocenters. The van der Waals surface area contributed by atoms with Gasteiger partial charge in [0.05, 0.1) is 0 Å². The van der Waals surface area contributed by atoms with Gasteiger partial charge in [0.15, 0.2) is 0 Å². The highest BCUT2D eigenvalue weighted by Gasteiger charge is 2.28. The van der Waals surface area contributed by atoms with Crippen LogP contribution in [0.3, 0.4) is 0 Å². The molecule has 0 saturated heterocycles. The lowest BCUT2D eigenvalue weighted by Crippen LogP contribution is -2.51. The number of anilines is 2. The van der Waals surface area contributed by atoms with Gasteiger partial charge in [-0.3, -0.25) is 0 Å². The summed E-state index contributed by atoms with van der Waals surface area (Å²) in [6.45, 7) is 24.8. The Hall–Kier alpha value is -1.96. The summed E-state index contributed by atoms with van der Waals surface area (Å²) < 4.78 is 0. The summed E-state index contributed by atoms with van der Waals surface area (Å²) in [5.41, 5.74) is 8.28. The third-order valence-electron chi connectivity index (χ3n) is 5.59. The van der Waals surface area contributed by atoms with Gasteiger partial charge in [0.2, 0.25) is 0 Å². The van der Waals surface area contributed by atoms with Gasteiger partial charge in [0.25, 0.3) is 0 Å². The molecule has 0 aliphatic carbocycles. The Morgan fingerprint density at radius 2 is 0.786 bits per heavy atom. The summed E-state index contributed by atoms with van der Waals surface area (Å²) in [6.07, 6.45) is 0. The molecule has 0 radical (unpaired) electrons. The van der Waals surface area contributed by atoms with Crippen molar-refractivity contribution in [3.8, 4) is 0 Å². The van der Waals surface area contributed by atoms with Crippen molar-refractivity contribution >= 4 is 11.4 Å². The first kappa shape index (κ1) is 22.3. The lowest BCUT2D eigenvalue weighted by Gasteiger charge is -2.45. The van der Waals surface area contributed by atoms with E-state index in [1.807, 2.05) is 0 Å². The average Bonchev–Trinajstić information content (AvgIpc) is 2.53. The Kier molecular flexibility index (Phi) is 6.53. The Bertz CT molecular complexity index is 696. The molecule has 2 aromatic rings. The van der Waals surface area contributed by atoms with Gasteiger partial charge < -0.3 is 9.80 Å². The van der Waals surface area contributed by atoms with E-state index in [4.69, 9.17) is 0 Å². The lowest BCUT2D eigenvalue weighted by molar-refractivity contribution is 0.463. The van der Waals surface area contributed by atoms with E-state index < -0.39 is 0 Å². The zero-order valence-corrected chi connectivity index (χ0v) is 19.8. The number of nitrogens with zero attached hydrogens (tertiary/aromatic N) is 2. The molecule has 0 heterocycles. The van der Waals surface area contributed by atoms with E-state index >= 15 is 0 Å². The molecular formula is C26H40N2. The molecular weight excluding hydrogens is 340 g/mol. The fourth-order valence-corrected chi connectivity index (χ4v) is 4.23. The van der Waals surface area contributed by atoms with E-state index in [9.17, 15) is 0 Å². The maximum Gasteiger partial charge on any atom is 0.0430 e. The largest absolute Gasteiger partial charge is 0.364 e. The van der Waals surface area contributed by atoms with E-state index in [-0.39, 0.29) is 11.1 Å². The van der Waals surface area contributed by atoms with Crippen LogP contribution in [0.15, 0.2) is 36.4 Å². The summed E-state index contributed by atoms with van der Waals surface area (Å²) in [6, 6.07) is 13.2. The van der Waals surface area contributed by atoms with E-state index in [1.54, 1.807) is 0 Å². The van der Waals surface area contributed by atoms with Crippen LogP contribution >= 0.6 is 0 Å². The minimum absolute atomic E-state index is 0.0568. The molecule has 0 atom stereocenters. The van der Waals surface area contributed by atoms with Gasteiger partial charge in [0, 0.05) is 35.5 Å². The molecule has 2 nitrogen and oxygen atoms in total. The first-order valence-electron chi connectivity index (χ1n) is 10.5. The maximum absolute atomic E-state index is 2.59. The van der Waals surface area contributed by atoms with E-state index in [0.29, 0.717) is 0 Å². The van der Waals surface area contributed by atoms with Crippen LogP contribution in [0.1, 0.15) is 63.8 Å². The molecule has 0 aromatic heterocycles. The second kappa shape index (κ2) is 8.19. The summed E-state index contributed by atoms with van der Waals surface area (Å²) in [4.78, 5) is 5.17. The minimum atomic E-state index is 0.0568. The fraction of sp³-hybridized carbons (Fsp3) is 0.538. The molecule has 0 fully saturated rings. The average molecular weight is 381 g/mol. The summed E-state index contributed by atoms with van der Waals surface area (Å²) in [5.74, 6) is 0. The van der Waals surface area contributed by atoms with Crippen molar-refractivity contribution in [2.45, 2.75) is 80.3 Å². The standard InChI is InChI=1S/C26H40N2/c1-19-13-11-14-20(2)23(19)27(25(5,6)7)17-18-28(26(8,9)10)24-21(3)15-12-16-22(24)4/h11-16H,17-18H2,1-10H3. The molecule has 2 heteroatoms. The predicted octanol–water partition coefficient (Wildman–Crippen LogP) is 6.83. The van der Waals surface area contributed by atoms with E-state index in [2.05, 4.69) is 115 Å². The van der Waals surface area contributed by atoms with Crippen molar-refractivity contribution in [2.24, 2.45) is 0 Å². The summed E-state index contributed by atoms with van der Waals surface area (Å²) in [7, 11) is 0. The van der Waals surface area contributed by atoms with Gasteiger partial charge in [-0.15, -0.1) is 0 Å². The number of rotatable bonds is 5. The van der Waals surface area contributed by atoms with Crippen molar-refractivity contribution in [1.82, 2.24) is 0 Å². The minimum Gasteiger partial charge on any atom is -0.364 e. The van der Waals surface area contributed by atoms with E-state index in [0.717, 1.165) is 13.1 Å². The quantitative estimate of drug-likeness (QED) is 0.561. The molecule has 0 aliphatic rings. The van der Waals surface area contributed by atoms with Gasteiger partial charge in [-0.05, 0) is 91.5 Å². The topological polar surface area (TPSA) is 6.48 Å². The third kappa shape index (κ3) is 4.90. The van der Waals surface area contributed by atoms with Crippen LogP contribution in [0.4, 0.5) is 11.4 Å². The normalized spacial score (nSPS) is 12.2. The number of para-hydroxylation sites is 2. The SMILES string of the molecule is Cc1cccc(C)c1N(CCN(c1c(C)cccc1C)C(C)(C)C)C(C)(C)C. The molecule has 28 heavy (non-hydrogen) atoms. The molecule has 0 bridgehead atoms. The molecule has 0 saturated carbocycles. The third-order valence-corrected chi connectivity index (χ3v) is 5.59. The van der Waals surface area contributed by atoms with Crippen LogP contribution < -0.4 is 9.80 Å². The number of benzene rings is 2.